The lowest BCUT2D eigenvalue weighted by Gasteiger charge is -2.06. The minimum Gasteiger partial charge on any atom is -0.354 e. The van der Waals surface area contributed by atoms with E-state index in [4.69, 9.17) is 16.9 Å². The maximum Gasteiger partial charge on any atom is 0.103 e. The quantitative estimate of drug-likeness (QED) is 0.852. The highest BCUT2D eigenvalue weighted by Crippen LogP contribution is 2.27. The number of nitriles is 1. The molecule has 4 heteroatoms. The van der Waals surface area contributed by atoms with Gasteiger partial charge in [0, 0.05) is 11.1 Å². The number of nitrogens with zero attached hydrogens (tertiary/aromatic N) is 1. The summed E-state index contributed by atoms with van der Waals surface area (Å²) in [4.78, 5) is 0. The molecule has 1 aromatic heterocycles. The van der Waals surface area contributed by atoms with Crippen LogP contribution in [0.15, 0.2) is 35.0 Å². The van der Waals surface area contributed by atoms with Crippen molar-refractivity contribution in [2.24, 2.45) is 0 Å². The van der Waals surface area contributed by atoms with Gasteiger partial charge in [-0.2, -0.15) is 16.6 Å². The van der Waals surface area contributed by atoms with Crippen molar-refractivity contribution in [1.82, 2.24) is 0 Å². The minimum absolute atomic E-state index is 0.470. The molecule has 2 rings (SSSR count). The van der Waals surface area contributed by atoms with Crippen molar-refractivity contribution in [2.75, 3.05) is 5.32 Å². The first-order valence-corrected chi connectivity index (χ1v) is 5.61. The average Bonchev–Trinajstić information content (AvgIpc) is 2.71. The molecule has 0 aliphatic heterocycles. The van der Waals surface area contributed by atoms with Crippen LogP contribution in [-0.4, -0.2) is 0 Å². The van der Waals surface area contributed by atoms with Crippen molar-refractivity contribution in [3.8, 4) is 6.07 Å². The number of hydrogen-bond donors (Lipinski definition) is 1. The average molecular weight is 235 g/mol. The summed E-state index contributed by atoms with van der Waals surface area (Å²) in [6.07, 6.45) is 0. The normalized spacial score (nSPS) is 9.60. The highest BCUT2D eigenvalue weighted by molar-refractivity contribution is 7.08. The van der Waals surface area contributed by atoms with Gasteiger partial charge < -0.3 is 5.32 Å². The van der Waals surface area contributed by atoms with Crippen molar-refractivity contribution in [1.29, 1.82) is 5.26 Å². The third kappa shape index (κ3) is 2.12. The van der Waals surface area contributed by atoms with Crippen LogP contribution in [0.2, 0.25) is 5.02 Å². The van der Waals surface area contributed by atoms with Crippen LogP contribution in [0.1, 0.15) is 5.56 Å². The Balaban J connectivity index is 2.37. The van der Waals surface area contributed by atoms with Crippen molar-refractivity contribution in [2.45, 2.75) is 0 Å². The molecule has 0 spiro atoms. The van der Waals surface area contributed by atoms with Crippen LogP contribution in [0.5, 0.6) is 0 Å². The predicted octanol–water partition coefficient (Wildman–Crippen LogP) is 4.02. The monoisotopic (exact) mass is 234 g/mol. The van der Waals surface area contributed by atoms with E-state index in [9.17, 15) is 0 Å². The fraction of sp³-hybridized carbons (Fsp3) is 0. The van der Waals surface area contributed by atoms with E-state index in [1.807, 2.05) is 29.0 Å². The van der Waals surface area contributed by atoms with E-state index in [1.165, 1.54) is 0 Å². The molecule has 0 fully saturated rings. The maximum atomic E-state index is 8.96. The van der Waals surface area contributed by atoms with E-state index in [-0.39, 0.29) is 0 Å². The van der Waals surface area contributed by atoms with Crippen LogP contribution in [0, 0.1) is 11.3 Å². The zero-order valence-corrected chi connectivity index (χ0v) is 9.27. The van der Waals surface area contributed by atoms with Crippen molar-refractivity contribution in [3.05, 3.63) is 45.6 Å². The van der Waals surface area contributed by atoms with Crippen LogP contribution < -0.4 is 5.32 Å². The summed E-state index contributed by atoms with van der Waals surface area (Å²) in [7, 11) is 0. The van der Waals surface area contributed by atoms with Crippen molar-refractivity contribution in [3.63, 3.8) is 0 Å². The van der Waals surface area contributed by atoms with E-state index in [2.05, 4.69) is 11.4 Å². The van der Waals surface area contributed by atoms with Crippen molar-refractivity contribution < 1.29 is 0 Å². The zero-order chi connectivity index (χ0) is 10.7. The molecule has 0 amide bonds. The molecule has 0 bridgehead atoms. The number of nitrogens with one attached hydrogen (secondary N) is 1. The molecule has 0 aliphatic rings. The standard InChI is InChI=1S/C11H7ClN2S/c12-10-2-1-3-11(9(10)6-13)14-8-4-5-15-7-8/h1-5,7,14H. The Kier molecular flexibility index (Phi) is 2.91. The van der Waals surface area contributed by atoms with Gasteiger partial charge in [0.25, 0.3) is 0 Å². The summed E-state index contributed by atoms with van der Waals surface area (Å²) in [5, 5.41) is 16.5. The van der Waals surface area contributed by atoms with Gasteiger partial charge in [-0.3, -0.25) is 0 Å². The highest BCUT2D eigenvalue weighted by atomic mass is 35.5. The molecule has 0 saturated heterocycles. The van der Waals surface area contributed by atoms with Gasteiger partial charge in [0.05, 0.1) is 16.3 Å². The molecular formula is C11H7ClN2S. The van der Waals surface area contributed by atoms with Gasteiger partial charge in [-0.15, -0.1) is 0 Å². The molecule has 2 nitrogen and oxygen atoms in total. The zero-order valence-electron chi connectivity index (χ0n) is 7.70. The molecule has 2 aromatic rings. The second kappa shape index (κ2) is 4.35. The van der Waals surface area contributed by atoms with Crippen LogP contribution in [-0.2, 0) is 0 Å². The summed E-state index contributed by atoms with van der Waals surface area (Å²) in [6, 6.07) is 9.40. The summed E-state index contributed by atoms with van der Waals surface area (Å²) in [5.41, 5.74) is 2.19. The fourth-order valence-electron chi connectivity index (χ4n) is 1.23. The summed E-state index contributed by atoms with van der Waals surface area (Å²) >= 11 is 7.51. The Morgan fingerprint density at radius 2 is 2.20 bits per heavy atom. The lowest BCUT2D eigenvalue weighted by atomic mass is 10.2. The van der Waals surface area contributed by atoms with Gasteiger partial charge in [0.2, 0.25) is 0 Å². The van der Waals surface area contributed by atoms with Gasteiger partial charge in [0.15, 0.2) is 0 Å². The Labute approximate surface area is 96.7 Å². The molecule has 0 aliphatic carbocycles. The Hall–Kier alpha value is -1.50. The molecule has 0 saturated carbocycles. The van der Waals surface area contributed by atoms with Gasteiger partial charge in [-0.25, -0.2) is 0 Å². The molecule has 1 aromatic carbocycles. The van der Waals surface area contributed by atoms with Gasteiger partial charge in [-0.1, -0.05) is 17.7 Å². The summed E-state index contributed by atoms with van der Waals surface area (Å²) < 4.78 is 0. The Morgan fingerprint density at radius 3 is 2.87 bits per heavy atom. The van der Waals surface area contributed by atoms with E-state index in [0.29, 0.717) is 10.6 Å². The predicted molar refractivity (Wildman–Crippen MR) is 63.8 cm³/mol. The molecule has 74 valence electrons. The number of thiophene rings is 1. The molecular weight excluding hydrogens is 228 g/mol. The smallest absolute Gasteiger partial charge is 0.103 e. The van der Waals surface area contributed by atoms with E-state index in [0.717, 1.165) is 11.4 Å². The first-order valence-electron chi connectivity index (χ1n) is 4.29. The molecule has 1 N–H and O–H groups in total. The van der Waals surface area contributed by atoms with Gasteiger partial charge in [-0.05, 0) is 23.6 Å². The van der Waals surface area contributed by atoms with E-state index < -0.39 is 0 Å². The second-order valence-electron chi connectivity index (χ2n) is 2.91. The molecule has 15 heavy (non-hydrogen) atoms. The minimum atomic E-state index is 0.470. The van der Waals surface area contributed by atoms with Crippen LogP contribution in [0.3, 0.4) is 0 Å². The number of anilines is 2. The maximum absolute atomic E-state index is 8.96. The topological polar surface area (TPSA) is 35.8 Å². The molecule has 0 atom stereocenters. The van der Waals surface area contributed by atoms with E-state index >= 15 is 0 Å². The van der Waals surface area contributed by atoms with Crippen molar-refractivity contribution >= 4 is 34.3 Å². The Morgan fingerprint density at radius 1 is 1.33 bits per heavy atom. The first kappa shape index (κ1) is 10.0. The highest BCUT2D eigenvalue weighted by Gasteiger charge is 2.05. The largest absolute Gasteiger partial charge is 0.354 e. The fourth-order valence-corrected chi connectivity index (χ4v) is 2.04. The number of rotatable bonds is 2. The molecule has 0 unspecified atom stereocenters. The third-order valence-electron chi connectivity index (χ3n) is 1.93. The third-order valence-corrected chi connectivity index (χ3v) is 2.92. The van der Waals surface area contributed by atoms with E-state index in [1.54, 1.807) is 17.4 Å². The van der Waals surface area contributed by atoms with Gasteiger partial charge in [0.1, 0.15) is 6.07 Å². The molecule has 1 heterocycles. The van der Waals surface area contributed by atoms with Crippen LogP contribution >= 0.6 is 22.9 Å². The van der Waals surface area contributed by atoms with Crippen LogP contribution in [0.25, 0.3) is 0 Å². The summed E-state index contributed by atoms with van der Waals surface area (Å²) in [5.74, 6) is 0. The summed E-state index contributed by atoms with van der Waals surface area (Å²) in [6.45, 7) is 0. The number of hydrogen-bond acceptors (Lipinski definition) is 3. The molecule has 0 radical (unpaired) electrons. The number of halogens is 1. The Bertz CT molecular complexity index is 500. The SMILES string of the molecule is N#Cc1c(Cl)cccc1Nc1ccsc1. The van der Waals surface area contributed by atoms with Gasteiger partial charge >= 0.3 is 0 Å². The second-order valence-corrected chi connectivity index (χ2v) is 4.10. The first-order chi connectivity index (χ1) is 7.31. The lowest BCUT2D eigenvalue weighted by molar-refractivity contribution is 1.47. The van der Waals surface area contributed by atoms with Crippen LogP contribution in [0.4, 0.5) is 11.4 Å². The number of benzene rings is 1. The lowest BCUT2D eigenvalue weighted by Crippen LogP contribution is -1.92.